The van der Waals surface area contributed by atoms with Gasteiger partial charge in [0.25, 0.3) is 0 Å². The molecular weight excluding hydrogens is 294 g/mol. The highest BCUT2D eigenvalue weighted by molar-refractivity contribution is 6.30. The molecule has 0 spiro atoms. The SMILES string of the molecule is Cc1cccc2nc(-c3cccc(Cl)c3)c(NC(C)(C)C)n12. The maximum atomic E-state index is 6.16. The summed E-state index contributed by atoms with van der Waals surface area (Å²) in [6.07, 6.45) is 0. The number of nitrogens with one attached hydrogen (secondary N) is 1. The van der Waals surface area contributed by atoms with Crippen LogP contribution in [0.15, 0.2) is 42.5 Å². The zero-order chi connectivity index (χ0) is 15.9. The monoisotopic (exact) mass is 313 g/mol. The van der Waals surface area contributed by atoms with Crippen LogP contribution in [0.4, 0.5) is 5.82 Å². The number of benzene rings is 1. The van der Waals surface area contributed by atoms with Gasteiger partial charge in [-0.25, -0.2) is 4.98 Å². The number of fused-ring (bicyclic) bond motifs is 1. The highest BCUT2D eigenvalue weighted by Crippen LogP contribution is 2.32. The minimum absolute atomic E-state index is 0.0639. The van der Waals surface area contributed by atoms with E-state index in [1.54, 1.807) is 0 Å². The Morgan fingerprint density at radius 3 is 2.50 bits per heavy atom. The summed E-state index contributed by atoms with van der Waals surface area (Å²) in [5.74, 6) is 1.00. The van der Waals surface area contributed by atoms with E-state index in [-0.39, 0.29) is 5.54 Å². The first-order chi connectivity index (χ1) is 10.3. The lowest BCUT2D eigenvalue weighted by Gasteiger charge is -2.23. The maximum absolute atomic E-state index is 6.16. The average molecular weight is 314 g/mol. The van der Waals surface area contributed by atoms with E-state index in [2.05, 4.69) is 43.5 Å². The highest BCUT2D eigenvalue weighted by Gasteiger charge is 2.20. The summed E-state index contributed by atoms with van der Waals surface area (Å²) < 4.78 is 2.15. The van der Waals surface area contributed by atoms with Gasteiger partial charge in [0.05, 0.1) is 0 Å². The lowest BCUT2D eigenvalue weighted by Crippen LogP contribution is -2.27. The smallest absolute Gasteiger partial charge is 0.139 e. The van der Waals surface area contributed by atoms with Gasteiger partial charge in [0.2, 0.25) is 0 Å². The van der Waals surface area contributed by atoms with Gasteiger partial charge in [-0.1, -0.05) is 29.8 Å². The van der Waals surface area contributed by atoms with E-state index in [1.165, 1.54) is 0 Å². The van der Waals surface area contributed by atoms with Crippen molar-refractivity contribution in [2.24, 2.45) is 0 Å². The van der Waals surface area contributed by atoms with Crippen molar-refractivity contribution in [1.29, 1.82) is 0 Å². The first kappa shape index (κ1) is 14.9. The zero-order valence-electron chi connectivity index (χ0n) is 13.3. The predicted octanol–water partition coefficient (Wildman–Crippen LogP) is 5.17. The molecular formula is C18H20ClN3. The summed E-state index contributed by atoms with van der Waals surface area (Å²) in [6.45, 7) is 8.52. The number of nitrogens with zero attached hydrogens (tertiary/aromatic N) is 2. The predicted molar refractivity (Wildman–Crippen MR) is 93.8 cm³/mol. The molecule has 0 aliphatic heterocycles. The van der Waals surface area contributed by atoms with Crippen LogP contribution in [-0.4, -0.2) is 14.9 Å². The Morgan fingerprint density at radius 1 is 1.09 bits per heavy atom. The Kier molecular flexibility index (Phi) is 3.61. The fourth-order valence-electron chi connectivity index (χ4n) is 2.56. The minimum Gasteiger partial charge on any atom is -0.365 e. The topological polar surface area (TPSA) is 29.3 Å². The molecule has 3 nitrogen and oxygen atoms in total. The van der Waals surface area contributed by atoms with Crippen LogP contribution >= 0.6 is 11.6 Å². The first-order valence-electron chi connectivity index (χ1n) is 7.37. The second-order valence-corrected chi connectivity index (χ2v) is 6.99. The number of hydrogen-bond donors (Lipinski definition) is 1. The molecule has 0 radical (unpaired) electrons. The molecule has 0 amide bonds. The molecule has 0 saturated heterocycles. The Hall–Kier alpha value is -2.00. The summed E-state index contributed by atoms with van der Waals surface area (Å²) >= 11 is 6.16. The number of rotatable bonds is 2. The Bertz CT molecular complexity index is 828. The number of aryl methyl sites for hydroxylation is 1. The number of hydrogen-bond acceptors (Lipinski definition) is 2. The van der Waals surface area contributed by atoms with Gasteiger partial charge in [0.15, 0.2) is 0 Å². The Balaban J connectivity index is 2.29. The van der Waals surface area contributed by atoms with Gasteiger partial charge in [0.1, 0.15) is 17.2 Å². The van der Waals surface area contributed by atoms with Crippen molar-refractivity contribution in [3.63, 3.8) is 0 Å². The molecule has 0 fully saturated rings. The molecule has 0 atom stereocenters. The zero-order valence-corrected chi connectivity index (χ0v) is 14.1. The number of halogens is 1. The van der Waals surface area contributed by atoms with Gasteiger partial charge < -0.3 is 5.32 Å². The maximum Gasteiger partial charge on any atom is 0.139 e. The summed E-state index contributed by atoms with van der Waals surface area (Å²) in [6, 6.07) is 14.0. The van der Waals surface area contributed by atoms with Gasteiger partial charge in [-0.3, -0.25) is 4.40 Å². The van der Waals surface area contributed by atoms with Gasteiger partial charge >= 0.3 is 0 Å². The summed E-state index contributed by atoms with van der Waals surface area (Å²) in [7, 11) is 0. The normalized spacial score (nSPS) is 11.9. The molecule has 3 rings (SSSR count). The fourth-order valence-corrected chi connectivity index (χ4v) is 2.75. The number of imidazole rings is 1. The molecule has 1 aromatic carbocycles. The lowest BCUT2D eigenvalue weighted by molar-refractivity contribution is 0.629. The van der Waals surface area contributed by atoms with Crippen LogP contribution in [0.2, 0.25) is 5.02 Å². The molecule has 1 N–H and O–H groups in total. The van der Waals surface area contributed by atoms with Gasteiger partial charge in [-0.15, -0.1) is 0 Å². The van der Waals surface area contributed by atoms with Crippen LogP contribution in [0.5, 0.6) is 0 Å². The molecule has 2 heterocycles. The largest absolute Gasteiger partial charge is 0.365 e. The Labute approximate surface area is 136 Å². The second kappa shape index (κ2) is 5.33. The van der Waals surface area contributed by atoms with Gasteiger partial charge in [0, 0.05) is 21.8 Å². The second-order valence-electron chi connectivity index (χ2n) is 6.56. The molecule has 2 aromatic heterocycles. The van der Waals surface area contributed by atoms with Gasteiger partial charge in [-0.05, 0) is 52.0 Å². The summed E-state index contributed by atoms with van der Waals surface area (Å²) in [5, 5.41) is 4.30. The van der Waals surface area contributed by atoms with Crippen LogP contribution in [0.3, 0.4) is 0 Å². The molecule has 3 aromatic rings. The summed E-state index contributed by atoms with van der Waals surface area (Å²) in [5.41, 5.74) is 3.95. The van der Waals surface area contributed by atoms with Crippen molar-refractivity contribution >= 4 is 23.1 Å². The molecule has 0 aliphatic carbocycles. The molecule has 0 unspecified atom stereocenters. The van der Waals surface area contributed by atoms with Crippen molar-refractivity contribution in [1.82, 2.24) is 9.38 Å². The third-order valence-corrected chi connectivity index (χ3v) is 3.67. The van der Waals surface area contributed by atoms with Crippen molar-refractivity contribution in [2.75, 3.05) is 5.32 Å². The van der Waals surface area contributed by atoms with E-state index in [9.17, 15) is 0 Å². The van der Waals surface area contributed by atoms with Crippen molar-refractivity contribution in [2.45, 2.75) is 33.2 Å². The van der Waals surface area contributed by atoms with Crippen molar-refractivity contribution in [3.8, 4) is 11.3 Å². The first-order valence-corrected chi connectivity index (χ1v) is 7.75. The molecule has 0 aliphatic rings. The fraction of sp³-hybridized carbons (Fsp3) is 0.278. The molecule has 4 heteroatoms. The van der Waals surface area contributed by atoms with Crippen molar-refractivity contribution in [3.05, 3.63) is 53.2 Å². The molecule has 22 heavy (non-hydrogen) atoms. The van der Waals surface area contributed by atoms with E-state index in [0.29, 0.717) is 5.02 Å². The third-order valence-electron chi connectivity index (χ3n) is 3.43. The van der Waals surface area contributed by atoms with E-state index in [1.807, 2.05) is 36.4 Å². The quantitative estimate of drug-likeness (QED) is 0.707. The number of aromatic nitrogens is 2. The van der Waals surface area contributed by atoms with Crippen LogP contribution in [0.25, 0.3) is 16.9 Å². The van der Waals surface area contributed by atoms with Crippen molar-refractivity contribution < 1.29 is 0 Å². The molecule has 114 valence electrons. The highest BCUT2D eigenvalue weighted by atomic mass is 35.5. The van der Waals surface area contributed by atoms with Crippen LogP contribution in [0.1, 0.15) is 26.5 Å². The molecule has 0 bridgehead atoms. The van der Waals surface area contributed by atoms with E-state index >= 15 is 0 Å². The van der Waals surface area contributed by atoms with Gasteiger partial charge in [-0.2, -0.15) is 0 Å². The third kappa shape index (κ3) is 2.81. The minimum atomic E-state index is -0.0639. The number of anilines is 1. The lowest BCUT2D eigenvalue weighted by atomic mass is 10.1. The summed E-state index contributed by atoms with van der Waals surface area (Å²) in [4.78, 5) is 4.81. The number of pyridine rings is 1. The standard InChI is InChI=1S/C18H20ClN3/c1-12-7-5-10-15-20-16(13-8-6-9-14(19)11-13)17(22(12)15)21-18(2,3)4/h5-11,21H,1-4H3. The Morgan fingerprint density at radius 2 is 1.82 bits per heavy atom. The molecule has 0 saturated carbocycles. The van der Waals surface area contributed by atoms with E-state index in [4.69, 9.17) is 16.6 Å². The van der Waals surface area contributed by atoms with Crippen LogP contribution in [0, 0.1) is 6.92 Å². The van der Waals surface area contributed by atoms with E-state index in [0.717, 1.165) is 28.4 Å². The van der Waals surface area contributed by atoms with E-state index < -0.39 is 0 Å². The van der Waals surface area contributed by atoms with Crippen LogP contribution in [-0.2, 0) is 0 Å². The average Bonchev–Trinajstić information content (AvgIpc) is 2.77. The van der Waals surface area contributed by atoms with Crippen LogP contribution < -0.4 is 5.32 Å².